The minimum atomic E-state index is 0.0772. The van der Waals surface area contributed by atoms with Gasteiger partial charge in [-0.05, 0) is 81.6 Å². The zero-order valence-electron chi connectivity index (χ0n) is 20.3. The number of methoxy groups -OCH3 is 1. The van der Waals surface area contributed by atoms with Crippen LogP contribution in [0, 0.1) is 11.3 Å². The Hall–Kier alpha value is -1.79. The van der Waals surface area contributed by atoms with Crippen LogP contribution in [0.15, 0.2) is 29.3 Å². The van der Waals surface area contributed by atoms with E-state index in [0.29, 0.717) is 12.0 Å². The van der Waals surface area contributed by atoms with Crippen molar-refractivity contribution in [2.45, 2.75) is 58.9 Å². The molecule has 1 aliphatic rings. The lowest BCUT2D eigenvalue weighted by Crippen LogP contribution is -2.45. The van der Waals surface area contributed by atoms with Crippen molar-refractivity contribution in [2.24, 2.45) is 16.3 Å². The largest absolute Gasteiger partial charge is 0.497 e. The van der Waals surface area contributed by atoms with Crippen molar-refractivity contribution in [1.82, 2.24) is 15.5 Å². The SMILES string of the molecule is CCNC(=NCC(CC)(CC)CCO)NCC1CCCN(C)C1c1ccc(OC)cc1. The number of aliphatic imine (C=N–C) groups is 1. The molecular weight excluding hydrogens is 388 g/mol. The minimum Gasteiger partial charge on any atom is -0.497 e. The van der Waals surface area contributed by atoms with E-state index in [2.05, 4.69) is 67.6 Å². The highest BCUT2D eigenvalue weighted by Crippen LogP contribution is 2.35. The molecule has 2 atom stereocenters. The van der Waals surface area contributed by atoms with Crippen LogP contribution < -0.4 is 15.4 Å². The van der Waals surface area contributed by atoms with Crippen molar-refractivity contribution in [3.05, 3.63) is 29.8 Å². The molecule has 0 aromatic heterocycles. The first-order valence-corrected chi connectivity index (χ1v) is 12.0. The Balaban J connectivity index is 2.10. The maximum absolute atomic E-state index is 9.51. The normalized spacial score (nSPS) is 20.5. The lowest BCUT2D eigenvalue weighted by atomic mass is 9.79. The number of guanidine groups is 1. The molecule has 2 rings (SSSR count). The molecule has 3 N–H and O–H groups in total. The molecule has 2 unspecified atom stereocenters. The molecule has 1 heterocycles. The monoisotopic (exact) mass is 432 g/mol. The molecule has 176 valence electrons. The summed E-state index contributed by atoms with van der Waals surface area (Å²) < 4.78 is 5.34. The van der Waals surface area contributed by atoms with Crippen molar-refractivity contribution in [3.8, 4) is 5.75 Å². The molecule has 0 radical (unpaired) electrons. The van der Waals surface area contributed by atoms with Gasteiger partial charge in [0.15, 0.2) is 5.96 Å². The number of nitrogens with zero attached hydrogens (tertiary/aromatic N) is 2. The molecule has 0 spiro atoms. The Morgan fingerprint density at radius 3 is 2.48 bits per heavy atom. The number of hydrogen-bond acceptors (Lipinski definition) is 4. The van der Waals surface area contributed by atoms with Crippen molar-refractivity contribution in [2.75, 3.05) is 46.9 Å². The Kier molecular flexibility index (Phi) is 10.6. The van der Waals surface area contributed by atoms with Gasteiger partial charge in [-0.2, -0.15) is 0 Å². The second-order valence-electron chi connectivity index (χ2n) is 8.86. The van der Waals surface area contributed by atoms with Gasteiger partial charge >= 0.3 is 0 Å². The fourth-order valence-corrected chi connectivity index (χ4v) is 4.76. The van der Waals surface area contributed by atoms with Crippen LogP contribution in [0.1, 0.15) is 64.5 Å². The number of likely N-dealkylation sites (tertiary alicyclic amines) is 1. The third-order valence-electron chi connectivity index (χ3n) is 7.06. The van der Waals surface area contributed by atoms with E-state index in [0.717, 1.165) is 57.2 Å². The van der Waals surface area contributed by atoms with Gasteiger partial charge in [-0.3, -0.25) is 9.89 Å². The van der Waals surface area contributed by atoms with Gasteiger partial charge in [0.25, 0.3) is 0 Å². The van der Waals surface area contributed by atoms with E-state index in [1.54, 1.807) is 7.11 Å². The highest BCUT2D eigenvalue weighted by Gasteiger charge is 2.31. The van der Waals surface area contributed by atoms with Crippen molar-refractivity contribution in [3.63, 3.8) is 0 Å². The zero-order valence-corrected chi connectivity index (χ0v) is 20.3. The summed E-state index contributed by atoms with van der Waals surface area (Å²) in [7, 11) is 3.94. The van der Waals surface area contributed by atoms with Crippen molar-refractivity contribution < 1.29 is 9.84 Å². The molecule has 1 fully saturated rings. The van der Waals surface area contributed by atoms with Gasteiger partial charge in [-0.1, -0.05) is 26.0 Å². The highest BCUT2D eigenvalue weighted by molar-refractivity contribution is 5.79. The predicted molar refractivity (Wildman–Crippen MR) is 130 cm³/mol. The fraction of sp³-hybridized carbons (Fsp3) is 0.720. The third kappa shape index (κ3) is 7.11. The van der Waals surface area contributed by atoms with Crippen molar-refractivity contribution >= 4 is 5.96 Å². The number of aliphatic hydroxyl groups excluding tert-OH is 1. The number of ether oxygens (including phenoxy) is 1. The van der Waals surface area contributed by atoms with Crippen LogP contribution in [0.4, 0.5) is 0 Å². The molecule has 1 saturated heterocycles. The van der Waals surface area contributed by atoms with E-state index in [9.17, 15) is 5.11 Å². The number of benzene rings is 1. The molecule has 0 bridgehead atoms. The van der Waals surface area contributed by atoms with Crippen LogP contribution in [-0.2, 0) is 0 Å². The maximum Gasteiger partial charge on any atom is 0.191 e. The quantitative estimate of drug-likeness (QED) is 0.366. The van der Waals surface area contributed by atoms with E-state index in [1.165, 1.54) is 18.4 Å². The van der Waals surface area contributed by atoms with Gasteiger partial charge < -0.3 is 20.5 Å². The fourth-order valence-electron chi connectivity index (χ4n) is 4.76. The van der Waals surface area contributed by atoms with Gasteiger partial charge in [-0.15, -0.1) is 0 Å². The zero-order chi connectivity index (χ0) is 22.7. The lowest BCUT2D eigenvalue weighted by molar-refractivity contribution is 0.122. The summed E-state index contributed by atoms with van der Waals surface area (Å²) in [5.41, 5.74) is 1.42. The summed E-state index contributed by atoms with van der Waals surface area (Å²) in [6.07, 6.45) is 5.27. The molecule has 0 aliphatic carbocycles. The van der Waals surface area contributed by atoms with Gasteiger partial charge in [0.2, 0.25) is 0 Å². The van der Waals surface area contributed by atoms with Crippen LogP contribution in [0.25, 0.3) is 0 Å². The first-order chi connectivity index (χ1) is 15.0. The Morgan fingerprint density at radius 2 is 1.90 bits per heavy atom. The smallest absolute Gasteiger partial charge is 0.191 e. The second kappa shape index (κ2) is 12.9. The van der Waals surface area contributed by atoms with Crippen LogP contribution in [0.3, 0.4) is 0 Å². The lowest BCUT2D eigenvalue weighted by Gasteiger charge is -2.40. The molecule has 0 amide bonds. The van der Waals surface area contributed by atoms with E-state index in [-0.39, 0.29) is 12.0 Å². The van der Waals surface area contributed by atoms with E-state index >= 15 is 0 Å². The molecule has 1 aromatic rings. The number of hydrogen-bond donors (Lipinski definition) is 3. The van der Waals surface area contributed by atoms with Crippen LogP contribution in [0.5, 0.6) is 5.75 Å². The Morgan fingerprint density at radius 1 is 1.19 bits per heavy atom. The number of rotatable bonds is 11. The standard InChI is InChI=1S/C25H44N4O2/c1-6-25(7-2,15-17-30)19-28-24(26-8-3)27-18-21-10-9-16-29(4)23(21)20-11-13-22(31-5)14-12-20/h11-14,21,23,30H,6-10,15-19H2,1-5H3,(H2,26,27,28). The molecule has 31 heavy (non-hydrogen) atoms. The maximum atomic E-state index is 9.51. The summed E-state index contributed by atoms with van der Waals surface area (Å²) in [5.74, 6) is 2.29. The van der Waals surface area contributed by atoms with E-state index in [4.69, 9.17) is 9.73 Å². The van der Waals surface area contributed by atoms with Gasteiger partial charge in [0.1, 0.15) is 5.75 Å². The van der Waals surface area contributed by atoms with Gasteiger partial charge in [0, 0.05) is 32.3 Å². The summed E-state index contributed by atoms with van der Waals surface area (Å²) in [4.78, 5) is 7.40. The number of piperidine rings is 1. The Bertz CT molecular complexity index is 658. The summed E-state index contributed by atoms with van der Waals surface area (Å²) in [5, 5.41) is 16.5. The second-order valence-corrected chi connectivity index (χ2v) is 8.86. The molecule has 0 saturated carbocycles. The molecule has 6 heteroatoms. The topological polar surface area (TPSA) is 69.1 Å². The number of nitrogens with one attached hydrogen (secondary N) is 2. The molecule has 6 nitrogen and oxygen atoms in total. The Labute approximate surface area is 189 Å². The average molecular weight is 433 g/mol. The third-order valence-corrected chi connectivity index (χ3v) is 7.06. The van der Waals surface area contributed by atoms with E-state index in [1.807, 2.05) is 0 Å². The van der Waals surface area contributed by atoms with Crippen LogP contribution in [0.2, 0.25) is 0 Å². The summed E-state index contributed by atoms with van der Waals surface area (Å²) in [6, 6.07) is 8.90. The van der Waals surface area contributed by atoms with Crippen molar-refractivity contribution in [1.29, 1.82) is 0 Å². The molecular formula is C25H44N4O2. The molecule has 1 aromatic carbocycles. The van der Waals surface area contributed by atoms with Gasteiger partial charge in [-0.25, -0.2) is 0 Å². The van der Waals surface area contributed by atoms with E-state index < -0.39 is 0 Å². The van der Waals surface area contributed by atoms with Crippen LogP contribution >= 0.6 is 0 Å². The first-order valence-electron chi connectivity index (χ1n) is 12.0. The average Bonchev–Trinajstić information content (AvgIpc) is 2.80. The molecule has 1 aliphatic heterocycles. The first kappa shape index (κ1) is 25.5. The van der Waals surface area contributed by atoms with Gasteiger partial charge in [0.05, 0.1) is 7.11 Å². The number of aliphatic hydroxyl groups is 1. The minimum absolute atomic E-state index is 0.0772. The highest BCUT2D eigenvalue weighted by atomic mass is 16.5. The van der Waals surface area contributed by atoms with Crippen LogP contribution in [-0.4, -0.2) is 62.9 Å². The predicted octanol–water partition coefficient (Wildman–Crippen LogP) is 3.82. The summed E-state index contributed by atoms with van der Waals surface area (Å²) >= 11 is 0. The summed E-state index contributed by atoms with van der Waals surface area (Å²) in [6.45, 7) is 10.3.